The first-order valence-electron chi connectivity index (χ1n) is 4.02. The fourth-order valence-electron chi connectivity index (χ4n) is 1.32. The molecular weight excluding hydrogens is 168 g/mol. The number of hydrogen-bond acceptors (Lipinski definition) is 3. The van der Waals surface area contributed by atoms with Gasteiger partial charge >= 0.3 is 0 Å². The molecule has 0 bridgehead atoms. The lowest BCUT2D eigenvalue weighted by atomic mass is 10.1. The van der Waals surface area contributed by atoms with Crippen molar-refractivity contribution in [2.24, 2.45) is 0 Å². The second kappa shape index (κ2) is 3.01. The van der Waals surface area contributed by atoms with Crippen molar-refractivity contribution in [1.29, 1.82) is 0 Å². The Morgan fingerprint density at radius 3 is 3.08 bits per heavy atom. The van der Waals surface area contributed by atoms with Crippen molar-refractivity contribution in [2.75, 3.05) is 13.7 Å². The van der Waals surface area contributed by atoms with Crippen LogP contribution in [0.5, 0.6) is 17.2 Å². The van der Waals surface area contributed by atoms with E-state index in [9.17, 15) is 5.11 Å². The summed E-state index contributed by atoms with van der Waals surface area (Å²) >= 11 is 0. The van der Waals surface area contributed by atoms with Crippen molar-refractivity contribution in [3.05, 3.63) is 23.8 Å². The molecule has 1 aliphatic heterocycles. The third kappa shape index (κ3) is 1.22. The largest absolute Gasteiger partial charge is 0.502 e. The zero-order valence-corrected chi connectivity index (χ0v) is 7.28. The molecule has 1 aromatic carbocycles. The van der Waals surface area contributed by atoms with Crippen LogP contribution in [0.15, 0.2) is 18.2 Å². The van der Waals surface area contributed by atoms with Gasteiger partial charge in [0.1, 0.15) is 6.61 Å². The summed E-state index contributed by atoms with van der Waals surface area (Å²) in [5.41, 5.74) is 0.879. The Kier molecular flexibility index (Phi) is 1.85. The first kappa shape index (κ1) is 7.98. The van der Waals surface area contributed by atoms with Crippen LogP contribution in [0.2, 0.25) is 0 Å². The van der Waals surface area contributed by atoms with E-state index in [1.165, 1.54) is 7.11 Å². The summed E-state index contributed by atoms with van der Waals surface area (Å²) in [5, 5.41) is 9.65. The minimum absolute atomic E-state index is 0.0735. The van der Waals surface area contributed by atoms with Gasteiger partial charge in [-0.25, -0.2) is 0 Å². The van der Waals surface area contributed by atoms with Crippen LogP contribution in [0.3, 0.4) is 0 Å². The fraction of sp³-hybridized carbons (Fsp3) is 0.200. The summed E-state index contributed by atoms with van der Waals surface area (Å²) in [4.78, 5) is 0. The summed E-state index contributed by atoms with van der Waals surface area (Å²) < 4.78 is 10.2. The Morgan fingerprint density at radius 1 is 1.46 bits per heavy atom. The topological polar surface area (TPSA) is 38.7 Å². The van der Waals surface area contributed by atoms with Crippen LogP contribution in [-0.2, 0) is 0 Å². The van der Waals surface area contributed by atoms with Gasteiger partial charge in [0.05, 0.1) is 7.11 Å². The summed E-state index contributed by atoms with van der Waals surface area (Å²) in [6.45, 7) is 0.494. The number of phenolic OH excluding ortho intramolecular Hbond substituents is 1. The van der Waals surface area contributed by atoms with Crippen LogP contribution in [-0.4, -0.2) is 18.8 Å². The Bertz CT molecular complexity index is 355. The lowest BCUT2D eigenvalue weighted by Crippen LogP contribution is -2.01. The third-order valence-electron chi connectivity index (χ3n) is 1.97. The molecule has 1 heterocycles. The molecule has 3 heteroatoms. The van der Waals surface area contributed by atoms with Gasteiger partial charge in [0, 0.05) is 5.56 Å². The van der Waals surface area contributed by atoms with Gasteiger partial charge in [-0.05, 0) is 18.2 Å². The van der Waals surface area contributed by atoms with Gasteiger partial charge in [-0.15, -0.1) is 0 Å². The molecule has 3 nitrogen and oxygen atoms in total. The van der Waals surface area contributed by atoms with Gasteiger partial charge in [-0.1, -0.05) is 6.08 Å². The maximum Gasteiger partial charge on any atom is 0.201 e. The summed E-state index contributed by atoms with van der Waals surface area (Å²) in [5.74, 6) is 1.01. The fourth-order valence-corrected chi connectivity index (χ4v) is 1.32. The van der Waals surface area contributed by atoms with Crippen molar-refractivity contribution in [3.8, 4) is 17.2 Å². The summed E-state index contributed by atoms with van der Waals surface area (Å²) in [6.07, 6.45) is 3.81. The highest BCUT2D eigenvalue weighted by Gasteiger charge is 2.14. The first-order valence-corrected chi connectivity index (χ1v) is 4.02. The third-order valence-corrected chi connectivity index (χ3v) is 1.97. The molecule has 0 saturated heterocycles. The molecule has 13 heavy (non-hydrogen) atoms. The van der Waals surface area contributed by atoms with E-state index in [1.54, 1.807) is 6.07 Å². The van der Waals surface area contributed by atoms with E-state index in [1.807, 2.05) is 18.2 Å². The number of benzene rings is 1. The highest BCUT2D eigenvalue weighted by molar-refractivity contribution is 5.67. The van der Waals surface area contributed by atoms with Crippen LogP contribution in [0.1, 0.15) is 5.56 Å². The zero-order valence-electron chi connectivity index (χ0n) is 7.28. The smallest absolute Gasteiger partial charge is 0.201 e. The molecule has 1 N–H and O–H groups in total. The monoisotopic (exact) mass is 178 g/mol. The number of rotatable bonds is 1. The normalized spacial score (nSPS) is 13.3. The molecule has 2 rings (SSSR count). The van der Waals surface area contributed by atoms with Gasteiger partial charge in [0.15, 0.2) is 11.5 Å². The number of hydrogen-bond donors (Lipinski definition) is 1. The maximum absolute atomic E-state index is 9.65. The second-order valence-corrected chi connectivity index (χ2v) is 2.75. The number of methoxy groups -OCH3 is 1. The lowest BCUT2D eigenvalue weighted by Gasteiger charge is -2.15. The number of aromatic hydroxyl groups is 1. The van der Waals surface area contributed by atoms with Gasteiger partial charge in [-0.2, -0.15) is 0 Å². The van der Waals surface area contributed by atoms with Crippen molar-refractivity contribution >= 4 is 6.08 Å². The molecule has 0 saturated carbocycles. The molecule has 0 aliphatic carbocycles. The molecule has 1 aromatic rings. The maximum atomic E-state index is 9.65. The van der Waals surface area contributed by atoms with E-state index in [2.05, 4.69) is 0 Å². The van der Waals surface area contributed by atoms with Crippen LogP contribution >= 0.6 is 0 Å². The average molecular weight is 178 g/mol. The average Bonchev–Trinajstić information content (AvgIpc) is 2.19. The van der Waals surface area contributed by atoms with Gasteiger partial charge in [-0.3, -0.25) is 0 Å². The lowest BCUT2D eigenvalue weighted by molar-refractivity contribution is 0.315. The molecule has 1 aliphatic rings. The summed E-state index contributed by atoms with van der Waals surface area (Å²) in [7, 11) is 1.51. The molecule has 0 aromatic heterocycles. The van der Waals surface area contributed by atoms with E-state index in [4.69, 9.17) is 9.47 Å². The van der Waals surface area contributed by atoms with Crippen LogP contribution < -0.4 is 9.47 Å². The SMILES string of the molecule is COc1ccc2c(c1O)OCC=C2. The second-order valence-electron chi connectivity index (χ2n) is 2.75. The van der Waals surface area contributed by atoms with Crippen molar-refractivity contribution in [2.45, 2.75) is 0 Å². The predicted molar refractivity (Wildman–Crippen MR) is 49.2 cm³/mol. The zero-order chi connectivity index (χ0) is 9.26. The molecule has 0 radical (unpaired) electrons. The van der Waals surface area contributed by atoms with Gasteiger partial charge in [0.25, 0.3) is 0 Å². The number of fused-ring (bicyclic) bond motifs is 1. The Balaban J connectivity index is 2.56. The Morgan fingerprint density at radius 2 is 2.31 bits per heavy atom. The van der Waals surface area contributed by atoms with Crippen molar-refractivity contribution in [3.63, 3.8) is 0 Å². The summed E-state index contributed by atoms with van der Waals surface area (Å²) in [6, 6.07) is 3.57. The molecule has 0 fully saturated rings. The van der Waals surface area contributed by atoms with Crippen molar-refractivity contribution in [1.82, 2.24) is 0 Å². The Hall–Kier alpha value is -1.64. The molecular formula is C10H10O3. The van der Waals surface area contributed by atoms with E-state index in [0.717, 1.165) is 5.56 Å². The van der Waals surface area contributed by atoms with Crippen LogP contribution in [0.4, 0.5) is 0 Å². The standard InChI is InChI=1S/C10H10O3/c1-12-8-5-4-7-3-2-6-13-10(7)9(8)11/h2-5,11H,6H2,1H3. The number of ether oxygens (including phenoxy) is 2. The van der Waals surface area contributed by atoms with Crippen LogP contribution in [0, 0.1) is 0 Å². The van der Waals surface area contributed by atoms with E-state index in [0.29, 0.717) is 18.1 Å². The number of phenols is 1. The highest BCUT2D eigenvalue weighted by atomic mass is 16.5. The van der Waals surface area contributed by atoms with E-state index in [-0.39, 0.29) is 5.75 Å². The minimum atomic E-state index is 0.0735. The van der Waals surface area contributed by atoms with Gasteiger partial charge < -0.3 is 14.6 Å². The molecule has 0 spiro atoms. The highest BCUT2D eigenvalue weighted by Crippen LogP contribution is 2.40. The Labute approximate surface area is 76.2 Å². The van der Waals surface area contributed by atoms with E-state index < -0.39 is 0 Å². The molecule has 0 amide bonds. The van der Waals surface area contributed by atoms with E-state index >= 15 is 0 Å². The molecule has 0 unspecified atom stereocenters. The predicted octanol–water partition coefficient (Wildman–Crippen LogP) is 1.81. The molecule has 68 valence electrons. The quantitative estimate of drug-likeness (QED) is 0.712. The van der Waals surface area contributed by atoms with Crippen LogP contribution in [0.25, 0.3) is 6.08 Å². The van der Waals surface area contributed by atoms with Gasteiger partial charge in [0.2, 0.25) is 5.75 Å². The minimum Gasteiger partial charge on any atom is -0.502 e. The molecule has 0 atom stereocenters. The van der Waals surface area contributed by atoms with Crippen molar-refractivity contribution < 1.29 is 14.6 Å². The first-order chi connectivity index (χ1) is 6.33.